The minimum Gasteiger partial charge on any atom is -0.438 e. The van der Waals surface area contributed by atoms with Crippen LogP contribution in [0.15, 0.2) is 54.0 Å². The van der Waals surface area contributed by atoms with E-state index in [1.807, 2.05) is 25.2 Å². The second-order valence-corrected chi connectivity index (χ2v) is 4.13. The fourth-order valence-corrected chi connectivity index (χ4v) is 2.01. The van der Waals surface area contributed by atoms with Gasteiger partial charge < -0.3 is 4.74 Å². The largest absolute Gasteiger partial charge is 0.438 e. The molecule has 0 radical (unpaired) electrons. The van der Waals surface area contributed by atoms with Crippen molar-refractivity contribution in [1.82, 2.24) is 4.98 Å². The molecule has 3 heteroatoms. The Morgan fingerprint density at radius 2 is 2.29 bits per heavy atom. The number of allylic oxidation sites excluding steroid dienone is 5. The summed E-state index contributed by atoms with van der Waals surface area (Å²) >= 11 is 0. The van der Waals surface area contributed by atoms with E-state index in [1.54, 1.807) is 24.4 Å². The zero-order valence-electron chi connectivity index (χ0n) is 9.38. The molecule has 0 aromatic carbocycles. The molecule has 0 saturated carbocycles. The van der Waals surface area contributed by atoms with E-state index in [0.29, 0.717) is 17.2 Å². The molecule has 3 rings (SSSR count). The summed E-state index contributed by atoms with van der Waals surface area (Å²) in [6, 6.07) is 3.47. The number of nitrogens with zero attached hydrogens (tertiary/aromatic N) is 1. The first kappa shape index (κ1) is 10.0. The number of ether oxygens (including phenoxy) is 1. The van der Waals surface area contributed by atoms with Gasteiger partial charge in [-0.15, -0.1) is 0 Å². The molecule has 0 spiro atoms. The van der Waals surface area contributed by atoms with Gasteiger partial charge >= 0.3 is 0 Å². The number of aromatic nitrogens is 1. The molecular weight excluding hydrogens is 214 g/mol. The Morgan fingerprint density at radius 3 is 3.18 bits per heavy atom. The maximum atomic E-state index is 12.1. The van der Waals surface area contributed by atoms with Gasteiger partial charge in [-0.25, -0.2) is 4.98 Å². The fourth-order valence-electron chi connectivity index (χ4n) is 2.01. The van der Waals surface area contributed by atoms with Crippen LogP contribution in [0, 0.1) is 5.92 Å². The molecule has 1 aromatic heterocycles. The van der Waals surface area contributed by atoms with E-state index in [0.717, 1.165) is 5.57 Å². The van der Waals surface area contributed by atoms with Gasteiger partial charge in [0.05, 0.1) is 5.56 Å². The smallest absolute Gasteiger partial charge is 0.230 e. The zero-order chi connectivity index (χ0) is 11.8. The lowest BCUT2D eigenvalue weighted by atomic mass is 9.93. The summed E-state index contributed by atoms with van der Waals surface area (Å²) in [4.78, 5) is 16.2. The van der Waals surface area contributed by atoms with Crippen molar-refractivity contribution in [2.75, 3.05) is 0 Å². The Kier molecular flexibility index (Phi) is 2.18. The first-order valence-corrected chi connectivity index (χ1v) is 5.53. The van der Waals surface area contributed by atoms with Gasteiger partial charge in [-0.2, -0.15) is 0 Å². The number of ketones is 1. The van der Waals surface area contributed by atoms with Gasteiger partial charge in [0.15, 0.2) is 5.78 Å². The van der Waals surface area contributed by atoms with Crippen molar-refractivity contribution in [2.45, 2.75) is 6.92 Å². The van der Waals surface area contributed by atoms with Crippen molar-refractivity contribution < 1.29 is 9.53 Å². The summed E-state index contributed by atoms with van der Waals surface area (Å²) in [6.45, 7) is 2.04. The summed E-state index contributed by atoms with van der Waals surface area (Å²) < 4.78 is 5.71. The lowest BCUT2D eigenvalue weighted by Gasteiger charge is -2.17. The van der Waals surface area contributed by atoms with Crippen LogP contribution in [0.25, 0.3) is 0 Å². The van der Waals surface area contributed by atoms with Gasteiger partial charge in [0, 0.05) is 17.7 Å². The van der Waals surface area contributed by atoms with Gasteiger partial charge in [-0.3, -0.25) is 4.79 Å². The first-order valence-electron chi connectivity index (χ1n) is 5.53. The molecule has 1 aliphatic carbocycles. The van der Waals surface area contributed by atoms with E-state index < -0.39 is 0 Å². The normalized spacial score (nSPS) is 21.7. The topological polar surface area (TPSA) is 39.2 Å². The van der Waals surface area contributed by atoms with Crippen LogP contribution in [0.2, 0.25) is 0 Å². The molecule has 1 aromatic rings. The predicted molar refractivity (Wildman–Crippen MR) is 63.7 cm³/mol. The van der Waals surface area contributed by atoms with Crippen LogP contribution in [0.5, 0.6) is 5.88 Å². The van der Waals surface area contributed by atoms with Crippen LogP contribution in [0.4, 0.5) is 0 Å². The van der Waals surface area contributed by atoms with E-state index >= 15 is 0 Å². The molecule has 1 aliphatic heterocycles. The van der Waals surface area contributed by atoms with Crippen molar-refractivity contribution in [1.29, 1.82) is 0 Å². The van der Waals surface area contributed by atoms with E-state index in [2.05, 4.69) is 4.98 Å². The van der Waals surface area contributed by atoms with Gasteiger partial charge in [-0.1, -0.05) is 19.1 Å². The monoisotopic (exact) mass is 225 g/mol. The lowest BCUT2D eigenvalue weighted by molar-refractivity contribution is 0.104. The molecule has 2 aliphatic rings. The molecular formula is C14H11NO2. The van der Waals surface area contributed by atoms with Gasteiger partial charge in [0.1, 0.15) is 5.76 Å². The number of carbonyl (C=O) groups excluding carboxylic acids is 1. The second-order valence-electron chi connectivity index (χ2n) is 4.13. The molecule has 2 heterocycles. The summed E-state index contributed by atoms with van der Waals surface area (Å²) in [6.07, 6.45) is 9.11. The summed E-state index contributed by atoms with van der Waals surface area (Å²) in [5.41, 5.74) is 1.43. The third-order valence-corrected chi connectivity index (χ3v) is 2.95. The van der Waals surface area contributed by atoms with Crippen molar-refractivity contribution in [3.8, 4) is 5.88 Å². The molecule has 0 amide bonds. The molecule has 0 bridgehead atoms. The maximum absolute atomic E-state index is 12.1. The van der Waals surface area contributed by atoms with Crippen molar-refractivity contribution in [2.24, 2.45) is 5.92 Å². The van der Waals surface area contributed by atoms with Crippen molar-refractivity contribution in [3.05, 3.63) is 59.5 Å². The van der Waals surface area contributed by atoms with Crippen molar-refractivity contribution in [3.63, 3.8) is 0 Å². The van der Waals surface area contributed by atoms with E-state index in [4.69, 9.17) is 4.74 Å². The number of carbonyl (C=O) groups is 1. The average molecular weight is 225 g/mol. The van der Waals surface area contributed by atoms with Crippen LogP contribution >= 0.6 is 0 Å². The molecule has 1 unspecified atom stereocenters. The summed E-state index contributed by atoms with van der Waals surface area (Å²) in [5.74, 6) is 1.24. The molecule has 0 saturated heterocycles. The third-order valence-electron chi connectivity index (χ3n) is 2.95. The molecule has 3 nitrogen and oxygen atoms in total. The van der Waals surface area contributed by atoms with Crippen LogP contribution in [0.1, 0.15) is 17.3 Å². The lowest BCUT2D eigenvalue weighted by Crippen LogP contribution is -2.08. The minimum atomic E-state index is -0.0475. The maximum Gasteiger partial charge on any atom is 0.230 e. The number of fused-ring (bicyclic) bond motifs is 2. The van der Waals surface area contributed by atoms with E-state index in [-0.39, 0.29) is 11.7 Å². The van der Waals surface area contributed by atoms with Crippen molar-refractivity contribution >= 4 is 5.78 Å². The summed E-state index contributed by atoms with van der Waals surface area (Å²) in [7, 11) is 0. The molecule has 17 heavy (non-hydrogen) atoms. The van der Waals surface area contributed by atoms with E-state index in [9.17, 15) is 4.79 Å². The second kappa shape index (κ2) is 3.70. The standard InChI is InChI=1S/C14H11NO2/c1-9-4-2-6-13-11(9)8-12(16)10-5-3-7-15-14(10)17-13/h2-9H,1H3. The molecule has 0 N–H and O–H groups in total. The Hall–Kier alpha value is -2.16. The highest BCUT2D eigenvalue weighted by molar-refractivity contribution is 6.07. The molecule has 84 valence electrons. The van der Waals surface area contributed by atoms with Crippen LogP contribution in [-0.4, -0.2) is 10.8 Å². The molecule has 0 fully saturated rings. The quantitative estimate of drug-likeness (QED) is 0.681. The SMILES string of the molecule is CC1C=CC=C2Oc3ncccc3C(=O)C=C21. The fraction of sp³-hybridized carbons (Fsp3) is 0.143. The first-order chi connectivity index (χ1) is 8.25. The number of pyridine rings is 1. The summed E-state index contributed by atoms with van der Waals surface area (Å²) in [5, 5.41) is 0. The Balaban J connectivity index is 2.17. The Labute approximate surface area is 99.1 Å². The number of rotatable bonds is 0. The van der Waals surface area contributed by atoms with Gasteiger partial charge in [0.2, 0.25) is 5.88 Å². The third kappa shape index (κ3) is 1.60. The van der Waals surface area contributed by atoms with Gasteiger partial charge in [-0.05, 0) is 24.3 Å². The number of hydrogen-bond acceptors (Lipinski definition) is 3. The zero-order valence-corrected chi connectivity index (χ0v) is 9.38. The average Bonchev–Trinajstić information content (AvgIpc) is 2.47. The van der Waals surface area contributed by atoms with Crippen LogP contribution < -0.4 is 4.74 Å². The van der Waals surface area contributed by atoms with Crippen LogP contribution in [0.3, 0.4) is 0 Å². The molecule has 1 atom stereocenters. The Bertz CT molecular complexity index is 582. The number of hydrogen-bond donors (Lipinski definition) is 0. The highest BCUT2D eigenvalue weighted by Crippen LogP contribution is 2.32. The minimum absolute atomic E-state index is 0.0475. The van der Waals surface area contributed by atoms with Gasteiger partial charge in [0.25, 0.3) is 0 Å². The van der Waals surface area contributed by atoms with E-state index in [1.165, 1.54) is 0 Å². The highest BCUT2D eigenvalue weighted by atomic mass is 16.5. The highest BCUT2D eigenvalue weighted by Gasteiger charge is 2.24. The predicted octanol–water partition coefficient (Wildman–Crippen LogP) is 2.67. The Morgan fingerprint density at radius 1 is 1.41 bits per heavy atom. The van der Waals surface area contributed by atoms with Crippen LogP contribution in [-0.2, 0) is 0 Å².